The highest BCUT2D eigenvalue weighted by molar-refractivity contribution is 6.46. The molecule has 0 aliphatic carbocycles. The first-order valence-electron chi connectivity index (χ1n) is 8.80. The van der Waals surface area contributed by atoms with Crippen LogP contribution in [-0.2, 0) is 11.2 Å². The molecular formula is C22H21FN2O2. The summed E-state index contributed by atoms with van der Waals surface area (Å²) >= 11 is 0. The van der Waals surface area contributed by atoms with Crippen molar-refractivity contribution in [3.8, 4) is 5.69 Å². The van der Waals surface area contributed by atoms with Crippen molar-refractivity contribution < 1.29 is 14.0 Å². The van der Waals surface area contributed by atoms with Crippen LogP contribution in [-0.4, -0.2) is 16.3 Å². The molecule has 5 heteroatoms. The zero-order valence-electron chi connectivity index (χ0n) is 15.5. The number of rotatable bonds is 5. The van der Waals surface area contributed by atoms with Crippen LogP contribution in [0.25, 0.3) is 5.69 Å². The lowest BCUT2D eigenvalue weighted by molar-refractivity contribution is -0.112. The fourth-order valence-electron chi connectivity index (χ4n) is 3.11. The quantitative estimate of drug-likeness (QED) is 0.531. The molecule has 4 nitrogen and oxygen atoms in total. The third-order valence-electron chi connectivity index (χ3n) is 4.59. The van der Waals surface area contributed by atoms with Gasteiger partial charge in [-0.05, 0) is 68.3 Å². The van der Waals surface area contributed by atoms with E-state index in [0.29, 0.717) is 16.9 Å². The third kappa shape index (κ3) is 3.82. The molecule has 0 aliphatic rings. The Kier molecular flexibility index (Phi) is 5.21. The van der Waals surface area contributed by atoms with Crippen LogP contribution >= 0.6 is 0 Å². The molecule has 0 unspecified atom stereocenters. The van der Waals surface area contributed by atoms with Crippen LogP contribution in [0.2, 0.25) is 0 Å². The second kappa shape index (κ2) is 7.58. The van der Waals surface area contributed by atoms with Gasteiger partial charge in [0, 0.05) is 28.3 Å². The van der Waals surface area contributed by atoms with Crippen molar-refractivity contribution >= 4 is 17.4 Å². The molecule has 0 aliphatic heterocycles. The number of benzene rings is 2. The summed E-state index contributed by atoms with van der Waals surface area (Å²) in [5, 5.41) is 2.65. The van der Waals surface area contributed by atoms with Crippen molar-refractivity contribution in [2.75, 3.05) is 5.32 Å². The minimum absolute atomic E-state index is 0.328. The van der Waals surface area contributed by atoms with Crippen LogP contribution < -0.4 is 5.32 Å². The lowest BCUT2D eigenvalue weighted by Gasteiger charge is -2.10. The van der Waals surface area contributed by atoms with Crippen molar-refractivity contribution in [1.82, 2.24) is 4.57 Å². The fourth-order valence-corrected chi connectivity index (χ4v) is 3.11. The van der Waals surface area contributed by atoms with E-state index in [-0.39, 0.29) is 5.82 Å². The second-order valence-electron chi connectivity index (χ2n) is 6.43. The van der Waals surface area contributed by atoms with Crippen molar-refractivity contribution in [3.05, 3.63) is 82.9 Å². The Hall–Kier alpha value is -3.21. The van der Waals surface area contributed by atoms with E-state index >= 15 is 0 Å². The maximum absolute atomic E-state index is 13.2. The summed E-state index contributed by atoms with van der Waals surface area (Å²) in [5.41, 5.74) is 4.24. The van der Waals surface area contributed by atoms with Gasteiger partial charge in [0.05, 0.1) is 0 Å². The maximum atomic E-state index is 13.2. The van der Waals surface area contributed by atoms with E-state index in [0.717, 1.165) is 23.4 Å². The molecule has 0 spiro atoms. The Morgan fingerprint density at radius 2 is 1.63 bits per heavy atom. The number of anilines is 1. The Morgan fingerprint density at radius 1 is 1.00 bits per heavy atom. The molecule has 3 aromatic rings. The molecule has 0 atom stereocenters. The standard InChI is InChI=1S/C22H21FN2O2/c1-4-16-5-9-18(10-6-16)24-22(27)21(26)20-13-14(2)25(15(20)3)19-11-7-17(23)8-12-19/h5-13H,4H2,1-3H3,(H,24,27). The van der Waals surface area contributed by atoms with E-state index in [9.17, 15) is 14.0 Å². The molecule has 0 fully saturated rings. The first kappa shape index (κ1) is 18.6. The molecule has 138 valence electrons. The number of hydrogen-bond donors (Lipinski definition) is 1. The van der Waals surface area contributed by atoms with E-state index in [2.05, 4.69) is 5.32 Å². The molecule has 1 heterocycles. The number of nitrogens with zero attached hydrogens (tertiary/aromatic N) is 1. The average molecular weight is 364 g/mol. The number of ketones is 1. The second-order valence-corrected chi connectivity index (χ2v) is 6.43. The number of nitrogens with one attached hydrogen (secondary N) is 1. The van der Waals surface area contributed by atoms with Crippen LogP contribution in [0.3, 0.4) is 0 Å². The van der Waals surface area contributed by atoms with Gasteiger partial charge in [-0.2, -0.15) is 0 Å². The zero-order valence-corrected chi connectivity index (χ0v) is 15.5. The Bertz CT molecular complexity index is 986. The SMILES string of the molecule is CCc1ccc(NC(=O)C(=O)c2cc(C)n(-c3ccc(F)cc3)c2C)cc1. The number of carbonyl (C=O) groups excluding carboxylic acids is 2. The highest BCUT2D eigenvalue weighted by atomic mass is 19.1. The molecule has 1 amide bonds. The highest BCUT2D eigenvalue weighted by Gasteiger charge is 2.22. The van der Waals surface area contributed by atoms with Gasteiger partial charge in [0.2, 0.25) is 0 Å². The molecule has 27 heavy (non-hydrogen) atoms. The monoisotopic (exact) mass is 364 g/mol. The normalized spacial score (nSPS) is 10.7. The highest BCUT2D eigenvalue weighted by Crippen LogP contribution is 2.22. The van der Waals surface area contributed by atoms with E-state index < -0.39 is 11.7 Å². The van der Waals surface area contributed by atoms with Crippen molar-refractivity contribution in [2.24, 2.45) is 0 Å². The number of amides is 1. The number of hydrogen-bond acceptors (Lipinski definition) is 2. The lowest BCUT2D eigenvalue weighted by Crippen LogP contribution is -2.23. The largest absolute Gasteiger partial charge is 0.319 e. The predicted molar refractivity (Wildman–Crippen MR) is 104 cm³/mol. The Morgan fingerprint density at radius 3 is 2.22 bits per heavy atom. The van der Waals surface area contributed by atoms with Gasteiger partial charge in [0.25, 0.3) is 11.7 Å². The summed E-state index contributed by atoms with van der Waals surface area (Å²) < 4.78 is 15.0. The number of aromatic nitrogens is 1. The van der Waals surface area contributed by atoms with E-state index in [1.807, 2.05) is 30.5 Å². The minimum atomic E-state index is -0.682. The lowest BCUT2D eigenvalue weighted by atomic mass is 10.1. The van der Waals surface area contributed by atoms with Crippen molar-refractivity contribution in [3.63, 3.8) is 0 Å². The van der Waals surface area contributed by atoms with Crippen LogP contribution in [0, 0.1) is 19.7 Å². The molecule has 3 rings (SSSR count). The van der Waals surface area contributed by atoms with Crippen LogP contribution in [0.4, 0.5) is 10.1 Å². The van der Waals surface area contributed by atoms with Gasteiger partial charge in [0.15, 0.2) is 0 Å². The summed E-state index contributed by atoms with van der Waals surface area (Å²) in [6.07, 6.45) is 0.905. The smallest absolute Gasteiger partial charge is 0.296 e. The van der Waals surface area contributed by atoms with Crippen LogP contribution in [0.15, 0.2) is 54.6 Å². The maximum Gasteiger partial charge on any atom is 0.296 e. The molecule has 1 aromatic heterocycles. The summed E-state index contributed by atoms with van der Waals surface area (Å²) in [7, 11) is 0. The van der Waals surface area contributed by atoms with Crippen LogP contribution in [0.5, 0.6) is 0 Å². The summed E-state index contributed by atoms with van der Waals surface area (Å²) in [6, 6.07) is 15.1. The summed E-state index contributed by atoms with van der Waals surface area (Å²) in [6.45, 7) is 5.66. The third-order valence-corrected chi connectivity index (χ3v) is 4.59. The Balaban J connectivity index is 1.85. The number of Topliss-reactive ketones (excluding diaryl/α,β-unsaturated/α-hetero) is 1. The van der Waals surface area contributed by atoms with Gasteiger partial charge in [0.1, 0.15) is 5.82 Å². The zero-order chi connectivity index (χ0) is 19.6. The van der Waals surface area contributed by atoms with Crippen LogP contribution in [0.1, 0.15) is 34.2 Å². The van der Waals surface area contributed by atoms with E-state index in [1.165, 1.54) is 12.1 Å². The van der Waals surface area contributed by atoms with Gasteiger partial charge < -0.3 is 9.88 Å². The average Bonchev–Trinajstić information content (AvgIpc) is 2.96. The van der Waals surface area contributed by atoms with E-state index in [4.69, 9.17) is 0 Å². The fraction of sp³-hybridized carbons (Fsp3) is 0.182. The predicted octanol–water partition coefficient (Wildman–Crippen LogP) is 4.62. The first-order valence-corrected chi connectivity index (χ1v) is 8.80. The molecule has 0 saturated heterocycles. The van der Waals surface area contributed by atoms with Gasteiger partial charge in [-0.1, -0.05) is 19.1 Å². The minimum Gasteiger partial charge on any atom is -0.319 e. The molecule has 0 saturated carbocycles. The molecule has 0 bridgehead atoms. The van der Waals surface area contributed by atoms with Gasteiger partial charge in [-0.25, -0.2) is 4.39 Å². The molecular weight excluding hydrogens is 343 g/mol. The number of aryl methyl sites for hydroxylation is 2. The molecule has 0 radical (unpaired) electrons. The topological polar surface area (TPSA) is 51.1 Å². The molecule has 2 aromatic carbocycles. The van der Waals surface area contributed by atoms with E-state index in [1.54, 1.807) is 37.3 Å². The first-order chi connectivity index (χ1) is 12.9. The van der Waals surface area contributed by atoms with Crippen molar-refractivity contribution in [2.45, 2.75) is 27.2 Å². The number of halogens is 1. The molecule has 1 N–H and O–H groups in total. The van der Waals surface area contributed by atoms with Gasteiger partial charge in [-0.3, -0.25) is 9.59 Å². The van der Waals surface area contributed by atoms with Gasteiger partial charge >= 0.3 is 0 Å². The Labute approximate surface area is 157 Å². The number of carbonyl (C=O) groups is 2. The summed E-state index contributed by atoms with van der Waals surface area (Å²) in [5.74, 6) is -1.61. The van der Waals surface area contributed by atoms with Gasteiger partial charge in [-0.15, -0.1) is 0 Å². The van der Waals surface area contributed by atoms with Crippen molar-refractivity contribution in [1.29, 1.82) is 0 Å². The summed E-state index contributed by atoms with van der Waals surface area (Å²) in [4.78, 5) is 25.1.